The fourth-order valence-corrected chi connectivity index (χ4v) is 2.00. The van der Waals surface area contributed by atoms with Crippen LogP contribution in [0.2, 0.25) is 0 Å². The standard InChI is InChI=1S/C12H14N2/c1-8-2-3-11-9(4-8)5-12(14-11)10-6-13-7-10/h2-5,10,13-14H,6-7H2,1H3. The number of fused-ring (bicyclic) bond motifs is 1. The fraction of sp³-hybridized carbons (Fsp3) is 0.333. The molecular weight excluding hydrogens is 172 g/mol. The molecule has 72 valence electrons. The highest BCUT2D eigenvalue weighted by Crippen LogP contribution is 2.24. The Kier molecular flexibility index (Phi) is 1.64. The molecule has 2 aromatic rings. The van der Waals surface area contributed by atoms with Gasteiger partial charge in [-0.25, -0.2) is 0 Å². The monoisotopic (exact) mass is 186 g/mol. The van der Waals surface area contributed by atoms with E-state index in [4.69, 9.17) is 0 Å². The molecule has 0 atom stereocenters. The molecule has 0 bridgehead atoms. The Bertz CT molecular complexity index is 466. The van der Waals surface area contributed by atoms with Gasteiger partial charge in [0.25, 0.3) is 0 Å². The number of benzene rings is 1. The number of rotatable bonds is 1. The summed E-state index contributed by atoms with van der Waals surface area (Å²) in [5, 5.41) is 4.64. The lowest BCUT2D eigenvalue weighted by molar-refractivity contribution is 0.442. The highest BCUT2D eigenvalue weighted by atomic mass is 15.0. The zero-order valence-corrected chi connectivity index (χ0v) is 8.30. The lowest BCUT2D eigenvalue weighted by Gasteiger charge is -2.25. The zero-order valence-electron chi connectivity index (χ0n) is 8.30. The van der Waals surface area contributed by atoms with Crippen molar-refractivity contribution in [3.63, 3.8) is 0 Å². The Morgan fingerprint density at radius 1 is 1.21 bits per heavy atom. The fourth-order valence-electron chi connectivity index (χ4n) is 2.00. The zero-order chi connectivity index (χ0) is 9.54. The van der Waals surface area contributed by atoms with Crippen molar-refractivity contribution in [1.82, 2.24) is 10.3 Å². The average molecular weight is 186 g/mol. The van der Waals surface area contributed by atoms with Gasteiger partial charge in [-0.05, 0) is 30.5 Å². The topological polar surface area (TPSA) is 27.8 Å². The van der Waals surface area contributed by atoms with E-state index in [2.05, 4.69) is 41.5 Å². The molecule has 1 fully saturated rings. The van der Waals surface area contributed by atoms with E-state index < -0.39 is 0 Å². The van der Waals surface area contributed by atoms with Gasteiger partial charge in [0.1, 0.15) is 0 Å². The third kappa shape index (κ3) is 1.15. The van der Waals surface area contributed by atoms with Crippen molar-refractivity contribution in [1.29, 1.82) is 0 Å². The lowest BCUT2D eigenvalue weighted by atomic mass is 9.99. The largest absolute Gasteiger partial charge is 0.358 e. The molecule has 1 aromatic carbocycles. The van der Waals surface area contributed by atoms with Crippen molar-refractivity contribution in [2.75, 3.05) is 13.1 Å². The lowest BCUT2D eigenvalue weighted by Crippen LogP contribution is -2.40. The van der Waals surface area contributed by atoms with Gasteiger partial charge >= 0.3 is 0 Å². The minimum Gasteiger partial charge on any atom is -0.358 e. The van der Waals surface area contributed by atoms with Crippen molar-refractivity contribution < 1.29 is 0 Å². The SMILES string of the molecule is Cc1ccc2[nH]c(C3CNC3)cc2c1. The second-order valence-corrected chi connectivity index (χ2v) is 4.17. The molecule has 2 heterocycles. The first-order valence-electron chi connectivity index (χ1n) is 5.13. The third-order valence-electron chi connectivity index (χ3n) is 3.02. The molecule has 0 amide bonds. The molecule has 0 spiro atoms. The minimum atomic E-state index is 0.697. The van der Waals surface area contributed by atoms with Crippen molar-refractivity contribution in [2.24, 2.45) is 0 Å². The van der Waals surface area contributed by atoms with Gasteiger partial charge < -0.3 is 10.3 Å². The molecule has 0 aliphatic carbocycles. The first-order valence-corrected chi connectivity index (χ1v) is 5.13. The average Bonchev–Trinajstić information content (AvgIpc) is 2.43. The molecule has 0 saturated carbocycles. The number of hydrogen-bond acceptors (Lipinski definition) is 1. The highest BCUT2D eigenvalue weighted by molar-refractivity contribution is 5.81. The second-order valence-electron chi connectivity index (χ2n) is 4.17. The first kappa shape index (κ1) is 8.06. The number of H-pyrrole nitrogens is 1. The number of hydrogen-bond donors (Lipinski definition) is 2. The van der Waals surface area contributed by atoms with Crippen molar-refractivity contribution in [3.8, 4) is 0 Å². The van der Waals surface area contributed by atoms with Gasteiger partial charge in [-0.3, -0.25) is 0 Å². The molecule has 1 aliphatic heterocycles. The summed E-state index contributed by atoms with van der Waals surface area (Å²) in [6.07, 6.45) is 0. The Morgan fingerprint density at radius 2 is 2.07 bits per heavy atom. The van der Waals surface area contributed by atoms with E-state index >= 15 is 0 Å². The maximum atomic E-state index is 3.48. The molecule has 0 radical (unpaired) electrons. The number of aryl methyl sites for hydroxylation is 1. The van der Waals surface area contributed by atoms with Crippen LogP contribution in [-0.4, -0.2) is 18.1 Å². The van der Waals surface area contributed by atoms with Gasteiger partial charge in [0.05, 0.1) is 0 Å². The van der Waals surface area contributed by atoms with E-state index in [0.717, 1.165) is 13.1 Å². The minimum absolute atomic E-state index is 0.697. The smallest absolute Gasteiger partial charge is 0.0456 e. The Balaban J connectivity index is 2.10. The van der Waals surface area contributed by atoms with Gasteiger partial charge in [-0.1, -0.05) is 11.6 Å². The first-order chi connectivity index (χ1) is 6.83. The van der Waals surface area contributed by atoms with E-state index in [1.807, 2.05) is 0 Å². The quantitative estimate of drug-likeness (QED) is 0.701. The summed E-state index contributed by atoms with van der Waals surface area (Å²) in [4.78, 5) is 3.48. The summed E-state index contributed by atoms with van der Waals surface area (Å²) in [5.74, 6) is 0.697. The Labute approximate surface area is 83.3 Å². The maximum Gasteiger partial charge on any atom is 0.0456 e. The molecule has 1 aliphatic rings. The number of aromatic nitrogens is 1. The van der Waals surface area contributed by atoms with Crippen LogP contribution in [0.25, 0.3) is 10.9 Å². The summed E-state index contributed by atoms with van der Waals surface area (Å²) < 4.78 is 0. The van der Waals surface area contributed by atoms with Gasteiger partial charge in [-0.2, -0.15) is 0 Å². The van der Waals surface area contributed by atoms with Gasteiger partial charge in [0.15, 0.2) is 0 Å². The van der Waals surface area contributed by atoms with Crippen LogP contribution in [-0.2, 0) is 0 Å². The molecule has 1 aromatic heterocycles. The van der Waals surface area contributed by atoms with Crippen LogP contribution in [0.3, 0.4) is 0 Å². The van der Waals surface area contributed by atoms with Gasteiger partial charge in [0.2, 0.25) is 0 Å². The Hall–Kier alpha value is -1.28. The summed E-state index contributed by atoms with van der Waals surface area (Å²) in [6, 6.07) is 8.84. The highest BCUT2D eigenvalue weighted by Gasteiger charge is 2.20. The van der Waals surface area contributed by atoms with Crippen molar-refractivity contribution >= 4 is 10.9 Å². The maximum absolute atomic E-state index is 3.48. The van der Waals surface area contributed by atoms with E-state index in [-0.39, 0.29) is 0 Å². The second kappa shape index (κ2) is 2.85. The van der Waals surface area contributed by atoms with Crippen LogP contribution >= 0.6 is 0 Å². The third-order valence-corrected chi connectivity index (χ3v) is 3.02. The molecule has 2 nitrogen and oxygen atoms in total. The van der Waals surface area contributed by atoms with Crippen LogP contribution in [0.15, 0.2) is 24.3 Å². The van der Waals surface area contributed by atoms with Gasteiger partial charge in [-0.15, -0.1) is 0 Å². The van der Waals surface area contributed by atoms with E-state index in [1.165, 1.54) is 22.2 Å². The molecule has 2 heteroatoms. The van der Waals surface area contributed by atoms with Gasteiger partial charge in [0, 0.05) is 30.2 Å². The van der Waals surface area contributed by atoms with Crippen LogP contribution in [0.5, 0.6) is 0 Å². The van der Waals surface area contributed by atoms with E-state index in [9.17, 15) is 0 Å². The predicted octanol–water partition coefficient (Wildman–Crippen LogP) is 2.16. The van der Waals surface area contributed by atoms with Crippen LogP contribution in [0, 0.1) is 6.92 Å². The van der Waals surface area contributed by atoms with Crippen LogP contribution < -0.4 is 5.32 Å². The summed E-state index contributed by atoms with van der Waals surface area (Å²) in [6.45, 7) is 4.37. The van der Waals surface area contributed by atoms with E-state index in [0.29, 0.717) is 5.92 Å². The number of nitrogens with one attached hydrogen (secondary N) is 2. The predicted molar refractivity (Wildman–Crippen MR) is 58.6 cm³/mol. The molecule has 0 unspecified atom stereocenters. The Morgan fingerprint density at radius 3 is 2.79 bits per heavy atom. The molecular formula is C12H14N2. The van der Waals surface area contributed by atoms with Crippen molar-refractivity contribution in [2.45, 2.75) is 12.8 Å². The number of aromatic amines is 1. The molecule has 2 N–H and O–H groups in total. The van der Waals surface area contributed by atoms with Crippen LogP contribution in [0.1, 0.15) is 17.2 Å². The van der Waals surface area contributed by atoms with Crippen LogP contribution in [0.4, 0.5) is 0 Å². The molecule has 1 saturated heterocycles. The summed E-state index contributed by atoms with van der Waals surface area (Å²) >= 11 is 0. The van der Waals surface area contributed by atoms with Crippen molar-refractivity contribution in [3.05, 3.63) is 35.5 Å². The normalized spacial score (nSPS) is 17.2. The molecule has 3 rings (SSSR count). The van der Waals surface area contributed by atoms with E-state index in [1.54, 1.807) is 0 Å². The summed E-state index contributed by atoms with van der Waals surface area (Å²) in [5.41, 5.74) is 3.97. The summed E-state index contributed by atoms with van der Waals surface area (Å²) in [7, 11) is 0. The molecule has 14 heavy (non-hydrogen) atoms.